The van der Waals surface area contributed by atoms with Crippen molar-refractivity contribution in [2.45, 2.75) is 13.0 Å². The van der Waals surface area contributed by atoms with E-state index in [1.807, 2.05) is 0 Å². The molecule has 0 saturated carbocycles. The monoisotopic (exact) mass is 175 g/mol. The van der Waals surface area contributed by atoms with Crippen molar-refractivity contribution in [2.75, 3.05) is 19.6 Å². The van der Waals surface area contributed by atoms with E-state index in [1.54, 1.807) is 0 Å². The SMILES string of the molecule is Cc1ccc(C2C[N]CCN2)cc1. The van der Waals surface area contributed by atoms with Gasteiger partial charge < -0.3 is 5.32 Å². The van der Waals surface area contributed by atoms with Crippen LogP contribution in [0.1, 0.15) is 17.2 Å². The maximum Gasteiger partial charge on any atom is 0.0464 e. The number of nitrogens with one attached hydrogen (secondary N) is 1. The summed E-state index contributed by atoms with van der Waals surface area (Å²) in [5.41, 5.74) is 2.67. The first-order valence-corrected chi connectivity index (χ1v) is 4.79. The average molecular weight is 175 g/mol. The molecular weight excluding hydrogens is 160 g/mol. The van der Waals surface area contributed by atoms with Gasteiger partial charge in [-0.3, -0.25) is 0 Å². The Morgan fingerprint density at radius 1 is 1.31 bits per heavy atom. The van der Waals surface area contributed by atoms with E-state index in [-0.39, 0.29) is 0 Å². The van der Waals surface area contributed by atoms with Crippen LogP contribution in [0.3, 0.4) is 0 Å². The molecule has 1 unspecified atom stereocenters. The van der Waals surface area contributed by atoms with Crippen LogP contribution in [0.25, 0.3) is 0 Å². The summed E-state index contributed by atoms with van der Waals surface area (Å²) in [5.74, 6) is 0. The topological polar surface area (TPSA) is 26.1 Å². The van der Waals surface area contributed by atoms with E-state index in [2.05, 4.69) is 41.8 Å². The van der Waals surface area contributed by atoms with Crippen LogP contribution in [-0.4, -0.2) is 19.6 Å². The van der Waals surface area contributed by atoms with Crippen molar-refractivity contribution in [1.29, 1.82) is 0 Å². The number of hydrogen-bond donors (Lipinski definition) is 1. The zero-order chi connectivity index (χ0) is 9.10. The van der Waals surface area contributed by atoms with Gasteiger partial charge in [0.25, 0.3) is 0 Å². The van der Waals surface area contributed by atoms with Crippen molar-refractivity contribution >= 4 is 0 Å². The Kier molecular flexibility index (Phi) is 2.62. The molecule has 1 heterocycles. The summed E-state index contributed by atoms with van der Waals surface area (Å²) in [6, 6.07) is 9.13. The number of piperazine rings is 1. The van der Waals surface area contributed by atoms with Crippen molar-refractivity contribution in [1.82, 2.24) is 10.6 Å². The van der Waals surface area contributed by atoms with Gasteiger partial charge in [0.15, 0.2) is 0 Å². The lowest BCUT2D eigenvalue weighted by molar-refractivity contribution is 0.424. The van der Waals surface area contributed by atoms with E-state index in [1.165, 1.54) is 11.1 Å². The van der Waals surface area contributed by atoms with Gasteiger partial charge in [-0.25, -0.2) is 5.32 Å². The molecule has 2 nitrogen and oxygen atoms in total. The summed E-state index contributed by atoms with van der Waals surface area (Å²) >= 11 is 0. The van der Waals surface area contributed by atoms with E-state index in [0.717, 1.165) is 19.6 Å². The summed E-state index contributed by atoms with van der Waals surface area (Å²) in [5, 5.41) is 7.86. The maximum absolute atomic E-state index is 4.39. The standard InChI is InChI=1S/C11H15N2/c1-9-2-4-10(5-3-9)11-8-12-6-7-13-11/h2-5,11,13H,6-8H2,1H3. The van der Waals surface area contributed by atoms with Crippen LogP contribution >= 0.6 is 0 Å². The van der Waals surface area contributed by atoms with Crippen molar-refractivity contribution in [3.63, 3.8) is 0 Å². The first kappa shape index (κ1) is 8.73. The zero-order valence-electron chi connectivity index (χ0n) is 7.96. The van der Waals surface area contributed by atoms with Gasteiger partial charge in [0.05, 0.1) is 0 Å². The summed E-state index contributed by atoms with van der Waals surface area (Å²) in [6.07, 6.45) is 0. The van der Waals surface area contributed by atoms with Gasteiger partial charge in [0.2, 0.25) is 0 Å². The van der Waals surface area contributed by atoms with Crippen molar-refractivity contribution in [2.24, 2.45) is 0 Å². The smallest absolute Gasteiger partial charge is 0.0464 e. The molecule has 1 aliphatic heterocycles. The molecule has 1 radical (unpaired) electrons. The van der Waals surface area contributed by atoms with Crippen LogP contribution in [0.4, 0.5) is 0 Å². The van der Waals surface area contributed by atoms with Gasteiger partial charge in [-0.05, 0) is 12.5 Å². The molecule has 1 aromatic rings. The molecule has 2 heteroatoms. The molecule has 1 fully saturated rings. The van der Waals surface area contributed by atoms with Gasteiger partial charge in [-0.2, -0.15) is 0 Å². The molecular formula is C11H15N2. The van der Waals surface area contributed by atoms with Crippen molar-refractivity contribution < 1.29 is 0 Å². The van der Waals surface area contributed by atoms with E-state index in [9.17, 15) is 0 Å². The molecule has 0 bridgehead atoms. The molecule has 0 aliphatic carbocycles. The Morgan fingerprint density at radius 3 is 2.69 bits per heavy atom. The van der Waals surface area contributed by atoms with Crippen LogP contribution in [0, 0.1) is 6.92 Å². The Bertz CT molecular complexity index is 260. The van der Waals surface area contributed by atoms with Crippen LogP contribution in [-0.2, 0) is 0 Å². The Morgan fingerprint density at radius 2 is 2.08 bits per heavy atom. The normalized spacial score (nSPS) is 23.0. The minimum Gasteiger partial charge on any atom is -0.307 e. The second-order valence-corrected chi connectivity index (χ2v) is 3.55. The molecule has 1 aromatic carbocycles. The molecule has 1 N–H and O–H groups in total. The van der Waals surface area contributed by atoms with Gasteiger partial charge in [-0.1, -0.05) is 29.8 Å². The molecule has 0 aromatic heterocycles. The molecule has 1 atom stereocenters. The fraction of sp³-hybridized carbons (Fsp3) is 0.455. The lowest BCUT2D eigenvalue weighted by Gasteiger charge is -2.23. The fourth-order valence-electron chi connectivity index (χ4n) is 1.62. The zero-order valence-corrected chi connectivity index (χ0v) is 7.96. The molecule has 2 rings (SSSR count). The lowest BCUT2D eigenvalue weighted by Crippen LogP contribution is -2.38. The molecule has 13 heavy (non-hydrogen) atoms. The highest BCUT2D eigenvalue weighted by Crippen LogP contribution is 2.14. The third-order valence-electron chi connectivity index (χ3n) is 2.45. The Labute approximate surface area is 79.4 Å². The predicted octanol–water partition coefficient (Wildman–Crippen LogP) is 1.24. The first-order chi connectivity index (χ1) is 6.36. The highest BCUT2D eigenvalue weighted by Gasteiger charge is 2.13. The van der Waals surface area contributed by atoms with Gasteiger partial charge in [0, 0.05) is 25.7 Å². The Balaban J connectivity index is 2.10. The molecule has 1 aliphatic rings. The average Bonchev–Trinajstić information content (AvgIpc) is 2.20. The quantitative estimate of drug-likeness (QED) is 0.683. The minimum absolute atomic E-state index is 0.439. The third kappa shape index (κ3) is 2.08. The van der Waals surface area contributed by atoms with Crippen molar-refractivity contribution in [3.05, 3.63) is 35.4 Å². The number of benzene rings is 1. The van der Waals surface area contributed by atoms with Crippen LogP contribution in [0.5, 0.6) is 0 Å². The van der Waals surface area contributed by atoms with Crippen LogP contribution < -0.4 is 10.6 Å². The van der Waals surface area contributed by atoms with Gasteiger partial charge >= 0.3 is 0 Å². The highest BCUT2D eigenvalue weighted by molar-refractivity contribution is 5.24. The molecule has 0 spiro atoms. The second-order valence-electron chi connectivity index (χ2n) is 3.55. The van der Waals surface area contributed by atoms with E-state index in [4.69, 9.17) is 0 Å². The number of hydrogen-bond acceptors (Lipinski definition) is 1. The summed E-state index contributed by atoms with van der Waals surface area (Å²) in [6.45, 7) is 5.01. The summed E-state index contributed by atoms with van der Waals surface area (Å²) in [4.78, 5) is 0. The molecule has 0 amide bonds. The van der Waals surface area contributed by atoms with Gasteiger partial charge in [0.1, 0.15) is 0 Å². The third-order valence-corrected chi connectivity index (χ3v) is 2.45. The summed E-state index contributed by atoms with van der Waals surface area (Å²) in [7, 11) is 0. The first-order valence-electron chi connectivity index (χ1n) is 4.79. The van der Waals surface area contributed by atoms with Gasteiger partial charge in [-0.15, -0.1) is 0 Å². The summed E-state index contributed by atoms with van der Waals surface area (Å²) < 4.78 is 0. The van der Waals surface area contributed by atoms with Crippen LogP contribution in [0.2, 0.25) is 0 Å². The van der Waals surface area contributed by atoms with Crippen LogP contribution in [0.15, 0.2) is 24.3 Å². The fourth-order valence-corrected chi connectivity index (χ4v) is 1.62. The number of aryl methyl sites for hydroxylation is 1. The second kappa shape index (κ2) is 3.90. The Hall–Kier alpha value is -0.860. The number of rotatable bonds is 1. The highest BCUT2D eigenvalue weighted by atomic mass is 15.1. The van der Waals surface area contributed by atoms with E-state index in [0.29, 0.717) is 6.04 Å². The number of nitrogens with zero attached hydrogens (tertiary/aromatic N) is 1. The minimum atomic E-state index is 0.439. The van der Waals surface area contributed by atoms with E-state index >= 15 is 0 Å². The molecule has 1 saturated heterocycles. The van der Waals surface area contributed by atoms with Crippen molar-refractivity contribution in [3.8, 4) is 0 Å². The largest absolute Gasteiger partial charge is 0.307 e. The molecule has 69 valence electrons. The van der Waals surface area contributed by atoms with E-state index < -0.39 is 0 Å². The maximum atomic E-state index is 4.39. The lowest BCUT2D eigenvalue weighted by atomic mass is 10.0. The predicted molar refractivity (Wildman–Crippen MR) is 53.8 cm³/mol.